The first-order valence-electron chi connectivity index (χ1n) is 10.9. The van der Waals surface area contributed by atoms with Crippen LogP contribution in [0.25, 0.3) is 22.6 Å². The van der Waals surface area contributed by atoms with Crippen molar-refractivity contribution in [2.75, 3.05) is 18.4 Å². The van der Waals surface area contributed by atoms with Gasteiger partial charge in [0.1, 0.15) is 18.0 Å². The highest BCUT2D eigenvalue weighted by molar-refractivity contribution is 5.86. The molecule has 9 nitrogen and oxygen atoms in total. The van der Waals surface area contributed by atoms with Gasteiger partial charge < -0.3 is 14.8 Å². The lowest BCUT2D eigenvalue weighted by Crippen LogP contribution is -2.33. The molecule has 2 atom stereocenters. The molecule has 2 unspecified atom stereocenters. The molecule has 3 aromatic heterocycles. The number of nitrogens with one attached hydrogen (secondary N) is 1. The minimum absolute atomic E-state index is 0.154. The molecule has 0 spiro atoms. The van der Waals surface area contributed by atoms with Crippen LogP contribution in [0, 0.1) is 18.3 Å². The molecule has 1 aliphatic carbocycles. The summed E-state index contributed by atoms with van der Waals surface area (Å²) in [5, 5.41) is 3.52. The molecule has 0 aromatic carbocycles. The van der Waals surface area contributed by atoms with Crippen molar-refractivity contribution < 1.29 is 4.79 Å². The van der Waals surface area contributed by atoms with Crippen LogP contribution in [0.2, 0.25) is 0 Å². The topological polar surface area (TPSA) is 102 Å². The van der Waals surface area contributed by atoms with E-state index in [0.717, 1.165) is 54.3 Å². The number of aromatic nitrogens is 6. The largest absolute Gasteiger partial charge is 0.364 e. The van der Waals surface area contributed by atoms with Crippen LogP contribution in [0.4, 0.5) is 5.82 Å². The van der Waals surface area contributed by atoms with E-state index in [4.69, 9.17) is 4.98 Å². The molecule has 0 bridgehead atoms. The summed E-state index contributed by atoms with van der Waals surface area (Å²) in [5.41, 5.74) is 2.51. The third-order valence-corrected chi connectivity index (χ3v) is 6.54. The van der Waals surface area contributed by atoms with Crippen LogP contribution in [-0.2, 0) is 11.3 Å². The predicted molar refractivity (Wildman–Crippen MR) is 117 cm³/mol. The smallest absolute Gasteiger partial charge is 0.226 e. The van der Waals surface area contributed by atoms with E-state index in [9.17, 15) is 4.79 Å². The first-order chi connectivity index (χ1) is 14.9. The van der Waals surface area contributed by atoms with E-state index in [1.165, 1.54) is 0 Å². The molecule has 9 heteroatoms. The standard InChI is InChI=1S/C22H28N8O/c1-5-30-19(14-9-23-13(2)24-10-14)28-17-18(25-12-26-20(17)30)27-15-6-7-29(11-15)21(31)16-8-22(16,3)4/h9-10,12,15-16H,5-8,11H2,1-4H3,(H,25,26,27). The van der Waals surface area contributed by atoms with Gasteiger partial charge in [0.25, 0.3) is 0 Å². The molecular formula is C22H28N8O. The Hall–Kier alpha value is -3.10. The third-order valence-electron chi connectivity index (χ3n) is 6.54. The van der Waals surface area contributed by atoms with Gasteiger partial charge in [-0.25, -0.2) is 24.9 Å². The molecule has 2 aliphatic rings. The van der Waals surface area contributed by atoms with Gasteiger partial charge in [-0.2, -0.15) is 0 Å². The fourth-order valence-electron chi connectivity index (χ4n) is 4.45. The Balaban J connectivity index is 1.39. The highest BCUT2D eigenvalue weighted by atomic mass is 16.2. The van der Waals surface area contributed by atoms with Gasteiger partial charge in [0, 0.05) is 44.0 Å². The van der Waals surface area contributed by atoms with Gasteiger partial charge in [-0.15, -0.1) is 0 Å². The summed E-state index contributed by atoms with van der Waals surface area (Å²) < 4.78 is 2.05. The first-order valence-corrected chi connectivity index (χ1v) is 10.9. The van der Waals surface area contributed by atoms with Gasteiger partial charge in [0.15, 0.2) is 17.0 Å². The van der Waals surface area contributed by atoms with Crippen LogP contribution in [-0.4, -0.2) is 59.4 Å². The molecule has 31 heavy (non-hydrogen) atoms. The Morgan fingerprint density at radius 1 is 1.23 bits per heavy atom. The zero-order chi connectivity index (χ0) is 21.8. The number of fused-ring (bicyclic) bond motifs is 1. The van der Waals surface area contributed by atoms with Crippen molar-refractivity contribution in [1.82, 2.24) is 34.4 Å². The second-order valence-corrected chi connectivity index (χ2v) is 9.25. The number of likely N-dealkylation sites (tertiary alicyclic amines) is 1. The highest BCUT2D eigenvalue weighted by Gasteiger charge is 2.52. The molecule has 1 saturated heterocycles. The molecule has 1 N–H and O–H groups in total. The maximum absolute atomic E-state index is 12.7. The molecule has 1 saturated carbocycles. The number of anilines is 1. The molecule has 162 valence electrons. The summed E-state index contributed by atoms with van der Waals surface area (Å²) in [6, 6.07) is 0.154. The van der Waals surface area contributed by atoms with E-state index in [1.807, 2.05) is 11.8 Å². The lowest BCUT2D eigenvalue weighted by molar-refractivity contribution is -0.132. The van der Waals surface area contributed by atoms with Gasteiger partial charge >= 0.3 is 0 Å². The zero-order valence-electron chi connectivity index (χ0n) is 18.5. The highest BCUT2D eigenvalue weighted by Crippen LogP contribution is 2.52. The number of rotatable bonds is 5. The molecular weight excluding hydrogens is 392 g/mol. The van der Waals surface area contributed by atoms with Crippen molar-refractivity contribution in [2.24, 2.45) is 11.3 Å². The van der Waals surface area contributed by atoms with Crippen molar-refractivity contribution in [3.63, 3.8) is 0 Å². The zero-order valence-corrected chi connectivity index (χ0v) is 18.5. The van der Waals surface area contributed by atoms with Crippen LogP contribution < -0.4 is 5.32 Å². The maximum Gasteiger partial charge on any atom is 0.226 e. The Morgan fingerprint density at radius 2 is 1.97 bits per heavy atom. The Labute approximate surface area is 181 Å². The number of carbonyl (C=O) groups is 1. The normalized spacial score (nSPS) is 22.1. The molecule has 0 radical (unpaired) electrons. The minimum Gasteiger partial charge on any atom is -0.364 e. The van der Waals surface area contributed by atoms with Gasteiger partial charge in [-0.1, -0.05) is 13.8 Å². The van der Waals surface area contributed by atoms with E-state index in [0.29, 0.717) is 18.3 Å². The molecule has 3 aromatic rings. The van der Waals surface area contributed by atoms with Crippen LogP contribution in [0.3, 0.4) is 0 Å². The molecule has 4 heterocycles. The van der Waals surface area contributed by atoms with Crippen molar-refractivity contribution in [2.45, 2.75) is 53.1 Å². The molecule has 5 rings (SSSR count). The fraction of sp³-hybridized carbons (Fsp3) is 0.545. The van der Waals surface area contributed by atoms with Gasteiger partial charge in [0.05, 0.1) is 5.56 Å². The second-order valence-electron chi connectivity index (χ2n) is 9.25. The van der Waals surface area contributed by atoms with Crippen LogP contribution in [0.15, 0.2) is 18.7 Å². The minimum atomic E-state index is 0.154. The van der Waals surface area contributed by atoms with Crippen molar-refractivity contribution >= 4 is 22.9 Å². The molecule has 1 aliphatic heterocycles. The number of carbonyl (C=O) groups excluding carboxylic acids is 1. The van der Waals surface area contributed by atoms with E-state index >= 15 is 0 Å². The average Bonchev–Trinajstić information content (AvgIpc) is 3.10. The van der Waals surface area contributed by atoms with E-state index in [-0.39, 0.29) is 17.4 Å². The summed E-state index contributed by atoms with van der Waals surface area (Å²) in [6.45, 7) is 10.5. The number of aryl methyl sites for hydroxylation is 2. The summed E-state index contributed by atoms with van der Waals surface area (Å²) in [4.78, 5) is 37.2. The van der Waals surface area contributed by atoms with Crippen molar-refractivity contribution in [3.8, 4) is 11.4 Å². The Morgan fingerprint density at radius 3 is 2.65 bits per heavy atom. The van der Waals surface area contributed by atoms with Crippen LogP contribution in [0.5, 0.6) is 0 Å². The Kier molecular flexibility index (Phi) is 4.64. The number of hydrogen-bond acceptors (Lipinski definition) is 7. The van der Waals surface area contributed by atoms with Crippen molar-refractivity contribution in [1.29, 1.82) is 0 Å². The lowest BCUT2D eigenvalue weighted by Gasteiger charge is -2.18. The summed E-state index contributed by atoms with van der Waals surface area (Å²) in [7, 11) is 0. The van der Waals surface area contributed by atoms with Crippen LogP contribution >= 0.6 is 0 Å². The Bertz CT molecular complexity index is 1140. The van der Waals surface area contributed by atoms with E-state index in [1.54, 1.807) is 18.7 Å². The summed E-state index contributed by atoms with van der Waals surface area (Å²) >= 11 is 0. The number of hydrogen-bond donors (Lipinski definition) is 1. The quantitative estimate of drug-likeness (QED) is 0.677. The number of imidazole rings is 1. The number of amides is 1. The van der Waals surface area contributed by atoms with E-state index in [2.05, 4.69) is 50.6 Å². The first kappa shape index (κ1) is 19.8. The SMILES string of the molecule is CCn1c(-c2cnc(C)nc2)nc2c(NC3CCN(C(=O)C4CC4(C)C)C3)ncnc21. The molecule has 1 amide bonds. The maximum atomic E-state index is 12.7. The lowest BCUT2D eigenvalue weighted by atomic mass is 10.1. The van der Waals surface area contributed by atoms with Gasteiger partial charge in [-0.3, -0.25) is 4.79 Å². The average molecular weight is 421 g/mol. The number of nitrogens with zero attached hydrogens (tertiary/aromatic N) is 7. The van der Waals surface area contributed by atoms with Crippen LogP contribution in [0.1, 0.15) is 39.4 Å². The van der Waals surface area contributed by atoms with E-state index < -0.39 is 0 Å². The van der Waals surface area contributed by atoms with Gasteiger partial charge in [-0.05, 0) is 32.1 Å². The summed E-state index contributed by atoms with van der Waals surface area (Å²) in [6.07, 6.45) is 7.04. The third kappa shape index (κ3) is 3.51. The van der Waals surface area contributed by atoms with Gasteiger partial charge in [0.2, 0.25) is 5.91 Å². The molecule has 2 fully saturated rings. The summed E-state index contributed by atoms with van der Waals surface area (Å²) in [5.74, 6) is 2.67. The monoisotopic (exact) mass is 420 g/mol. The fourth-order valence-corrected chi connectivity index (χ4v) is 4.45. The predicted octanol–water partition coefficient (Wildman–Crippen LogP) is 2.67. The van der Waals surface area contributed by atoms with Crippen molar-refractivity contribution in [3.05, 3.63) is 24.5 Å². The second kappa shape index (κ2) is 7.25.